The third kappa shape index (κ3) is 2.35. The highest BCUT2D eigenvalue weighted by Crippen LogP contribution is 2.47. The van der Waals surface area contributed by atoms with Crippen LogP contribution in [0.2, 0.25) is 0 Å². The van der Waals surface area contributed by atoms with Crippen LogP contribution in [-0.4, -0.2) is 17.6 Å². The molecule has 3 heteroatoms. The molecule has 0 atom stereocenters. The SMILES string of the molecule is CCC1(CNC(=O)c2cccc(O)c2)CC1. The van der Waals surface area contributed by atoms with Gasteiger partial charge >= 0.3 is 0 Å². The molecule has 3 nitrogen and oxygen atoms in total. The Bertz CT molecular complexity index is 397. The zero-order valence-corrected chi connectivity index (χ0v) is 9.49. The topological polar surface area (TPSA) is 49.3 Å². The zero-order chi connectivity index (χ0) is 11.6. The third-order valence-electron chi connectivity index (χ3n) is 3.44. The van der Waals surface area contributed by atoms with Crippen molar-refractivity contribution in [3.05, 3.63) is 29.8 Å². The molecule has 1 aliphatic rings. The first kappa shape index (κ1) is 11.0. The van der Waals surface area contributed by atoms with Crippen LogP contribution in [0.25, 0.3) is 0 Å². The Kier molecular flexibility index (Phi) is 2.86. The van der Waals surface area contributed by atoms with E-state index in [-0.39, 0.29) is 11.7 Å². The number of phenolic OH excluding ortho intramolecular Hbond substituents is 1. The smallest absolute Gasteiger partial charge is 0.251 e. The molecule has 1 amide bonds. The molecular formula is C13H17NO2. The van der Waals surface area contributed by atoms with Crippen LogP contribution in [-0.2, 0) is 0 Å². The monoisotopic (exact) mass is 219 g/mol. The van der Waals surface area contributed by atoms with E-state index < -0.39 is 0 Å². The molecule has 1 fully saturated rings. The van der Waals surface area contributed by atoms with Gasteiger partial charge in [0.2, 0.25) is 0 Å². The molecule has 0 saturated heterocycles. The van der Waals surface area contributed by atoms with Gasteiger partial charge in [0.05, 0.1) is 0 Å². The van der Waals surface area contributed by atoms with E-state index in [0.717, 1.165) is 13.0 Å². The summed E-state index contributed by atoms with van der Waals surface area (Å²) in [6.07, 6.45) is 3.54. The number of benzene rings is 1. The van der Waals surface area contributed by atoms with Gasteiger partial charge in [-0.25, -0.2) is 0 Å². The summed E-state index contributed by atoms with van der Waals surface area (Å²) >= 11 is 0. The lowest BCUT2D eigenvalue weighted by Crippen LogP contribution is -2.29. The molecule has 1 aromatic rings. The molecule has 0 radical (unpaired) electrons. The van der Waals surface area contributed by atoms with Crippen LogP contribution in [0.3, 0.4) is 0 Å². The van der Waals surface area contributed by atoms with E-state index in [0.29, 0.717) is 11.0 Å². The summed E-state index contributed by atoms with van der Waals surface area (Å²) in [6, 6.07) is 6.43. The number of phenols is 1. The summed E-state index contributed by atoms with van der Waals surface area (Å²) in [5.41, 5.74) is 0.874. The Morgan fingerprint density at radius 2 is 2.25 bits per heavy atom. The molecule has 0 heterocycles. The molecule has 0 unspecified atom stereocenters. The number of carbonyl (C=O) groups is 1. The van der Waals surface area contributed by atoms with E-state index in [4.69, 9.17) is 0 Å². The molecule has 2 rings (SSSR count). The maximum Gasteiger partial charge on any atom is 0.251 e. The minimum absolute atomic E-state index is 0.101. The largest absolute Gasteiger partial charge is 0.508 e. The van der Waals surface area contributed by atoms with Crippen molar-refractivity contribution in [2.24, 2.45) is 5.41 Å². The second kappa shape index (κ2) is 4.16. The fourth-order valence-electron chi connectivity index (χ4n) is 1.85. The van der Waals surface area contributed by atoms with Gasteiger partial charge in [-0.2, -0.15) is 0 Å². The normalized spacial score (nSPS) is 16.8. The predicted octanol–water partition coefficient (Wildman–Crippen LogP) is 2.31. The summed E-state index contributed by atoms with van der Waals surface area (Å²) in [7, 11) is 0. The fourth-order valence-corrected chi connectivity index (χ4v) is 1.85. The molecule has 86 valence electrons. The van der Waals surface area contributed by atoms with Crippen molar-refractivity contribution in [2.45, 2.75) is 26.2 Å². The summed E-state index contributed by atoms with van der Waals surface area (Å²) in [5, 5.41) is 12.2. The van der Waals surface area contributed by atoms with Gasteiger partial charge in [-0.3, -0.25) is 4.79 Å². The number of nitrogens with one attached hydrogen (secondary N) is 1. The average molecular weight is 219 g/mol. The fraction of sp³-hybridized carbons (Fsp3) is 0.462. The lowest BCUT2D eigenvalue weighted by atomic mass is 10.0. The first-order chi connectivity index (χ1) is 7.65. The third-order valence-corrected chi connectivity index (χ3v) is 3.44. The first-order valence-electron chi connectivity index (χ1n) is 5.72. The quantitative estimate of drug-likeness (QED) is 0.816. The van der Waals surface area contributed by atoms with Gasteiger partial charge in [0.15, 0.2) is 0 Å². The van der Waals surface area contributed by atoms with Crippen molar-refractivity contribution in [3.8, 4) is 5.75 Å². The van der Waals surface area contributed by atoms with E-state index >= 15 is 0 Å². The maximum absolute atomic E-state index is 11.8. The molecule has 0 spiro atoms. The van der Waals surface area contributed by atoms with Crippen LogP contribution in [0.4, 0.5) is 0 Å². The first-order valence-corrected chi connectivity index (χ1v) is 5.72. The molecule has 16 heavy (non-hydrogen) atoms. The Balaban J connectivity index is 1.93. The Hall–Kier alpha value is -1.51. The second-order valence-electron chi connectivity index (χ2n) is 4.59. The van der Waals surface area contributed by atoms with E-state index in [1.165, 1.54) is 18.9 Å². The number of amides is 1. The summed E-state index contributed by atoms with van der Waals surface area (Å²) in [6.45, 7) is 2.91. The molecule has 1 aliphatic carbocycles. The van der Waals surface area contributed by atoms with Gasteiger partial charge in [0.1, 0.15) is 5.75 Å². The van der Waals surface area contributed by atoms with Crippen LogP contribution < -0.4 is 5.32 Å². The highest BCUT2D eigenvalue weighted by molar-refractivity contribution is 5.94. The minimum Gasteiger partial charge on any atom is -0.508 e. The highest BCUT2D eigenvalue weighted by Gasteiger charge is 2.40. The molecule has 1 saturated carbocycles. The predicted molar refractivity (Wildman–Crippen MR) is 62.4 cm³/mol. The van der Waals surface area contributed by atoms with E-state index in [1.54, 1.807) is 18.2 Å². The number of aromatic hydroxyl groups is 1. The lowest BCUT2D eigenvalue weighted by molar-refractivity contribution is 0.0944. The van der Waals surface area contributed by atoms with Gasteiger partial charge in [-0.15, -0.1) is 0 Å². The highest BCUT2D eigenvalue weighted by atomic mass is 16.3. The summed E-state index contributed by atoms with van der Waals surface area (Å²) < 4.78 is 0. The zero-order valence-electron chi connectivity index (χ0n) is 9.49. The second-order valence-corrected chi connectivity index (χ2v) is 4.59. The molecular weight excluding hydrogens is 202 g/mol. The molecule has 0 aromatic heterocycles. The van der Waals surface area contributed by atoms with Crippen molar-refractivity contribution in [2.75, 3.05) is 6.54 Å². The number of rotatable bonds is 4. The van der Waals surface area contributed by atoms with Crippen molar-refractivity contribution in [1.29, 1.82) is 0 Å². The van der Waals surface area contributed by atoms with Crippen LogP contribution in [0, 0.1) is 5.41 Å². The van der Waals surface area contributed by atoms with Crippen LogP contribution in [0.15, 0.2) is 24.3 Å². The van der Waals surface area contributed by atoms with Gasteiger partial charge in [0.25, 0.3) is 5.91 Å². The molecule has 0 bridgehead atoms. The van der Waals surface area contributed by atoms with E-state index in [9.17, 15) is 9.90 Å². The van der Waals surface area contributed by atoms with Crippen molar-refractivity contribution in [1.82, 2.24) is 5.32 Å². The summed E-state index contributed by atoms with van der Waals surface area (Å²) in [5.74, 6) is 0.0277. The average Bonchev–Trinajstić information content (AvgIpc) is 3.07. The standard InChI is InChI=1S/C13H17NO2/c1-2-13(6-7-13)9-14-12(16)10-4-3-5-11(15)8-10/h3-5,8,15H,2,6-7,9H2,1H3,(H,14,16). The van der Waals surface area contributed by atoms with Crippen LogP contribution in [0.1, 0.15) is 36.5 Å². The Morgan fingerprint density at radius 1 is 1.50 bits per heavy atom. The van der Waals surface area contributed by atoms with Gasteiger partial charge in [-0.05, 0) is 42.9 Å². The Labute approximate surface area is 95.5 Å². The van der Waals surface area contributed by atoms with Crippen molar-refractivity contribution >= 4 is 5.91 Å². The molecule has 0 aliphatic heterocycles. The summed E-state index contributed by atoms with van der Waals surface area (Å²) in [4.78, 5) is 11.8. The van der Waals surface area contributed by atoms with Gasteiger partial charge in [-0.1, -0.05) is 13.0 Å². The lowest BCUT2D eigenvalue weighted by Gasteiger charge is -2.13. The van der Waals surface area contributed by atoms with Gasteiger partial charge < -0.3 is 10.4 Å². The number of carbonyl (C=O) groups excluding carboxylic acids is 1. The van der Waals surface area contributed by atoms with E-state index in [1.807, 2.05) is 0 Å². The maximum atomic E-state index is 11.8. The van der Waals surface area contributed by atoms with Crippen molar-refractivity contribution in [3.63, 3.8) is 0 Å². The van der Waals surface area contributed by atoms with Crippen molar-refractivity contribution < 1.29 is 9.90 Å². The number of hydrogen-bond acceptors (Lipinski definition) is 2. The van der Waals surface area contributed by atoms with Crippen LogP contribution in [0.5, 0.6) is 5.75 Å². The van der Waals surface area contributed by atoms with Crippen LogP contribution >= 0.6 is 0 Å². The Morgan fingerprint density at radius 3 is 2.81 bits per heavy atom. The van der Waals surface area contributed by atoms with E-state index in [2.05, 4.69) is 12.2 Å². The van der Waals surface area contributed by atoms with Gasteiger partial charge in [0, 0.05) is 12.1 Å². The minimum atomic E-state index is -0.101. The molecule has 2 N–H and O–H groups in total. The molecule has 1 aromatic carbocycles. The number of hydrogen-bond donors (Lipinski definition) is 2.